The maximum Gasteiger partial charge on any atom is 0.341 e. The monoisotopic (exact) mass is 334 g/mol. The molecular weight excluding hydrogens is 315 g/mol. The van der Waals surface area contributed by atoms with E-state index in [4.69, 9.17) is 10.5 Å². The minimum atomic E-state index is -1.05. The minimum absolute atomic E-state index is 0.00443. The molecule has 24 heavy (non-hydrogen) atoms. The Hall–Kier alpha value is -2.90. The van der Waals surface area contributed by atoms with Gasteiger partial charge in [0.1, 0.15) is 5.82 Å². The van der Waals surface area contributed by atoms with E-state index in [1.165, 1.54) is 13.0 Å². The second-order valence-corrected chi connectivity index (χ2v) is 5.44. The normalized spacial score (nSPS) is 11.9. The molecule has 0 radical (unpaired) electrons. The SMILES string of the molecule is Cc1nn(C)c(C)c1NC(=O)[C@H](C)OC(=O)c1ccc(F)cc1N. The van der Waals surface area contributed by atoms with E-state index in [0.29, 0.717) is 11.4 Å². The van der Waals surface area contributed by atoms with Crippen molar-refractivity contribution in [3.63, 3.8) is 0 Å². The molecule has 0 aliphatic rings. The second-order valence-electron chi connectivity index (χ2n) is 5.44. The standard InChI is InChI=1S/C16H19FN4O3/c1-8-14(9(2)21(4)20-8)19-15(22)10(3)24-16(23)12-6-5-11(17)7-13(12)18/h5-7,10H,18H2,1-4H3,(H,19,22)/t10-/m0/s1. The smallest absolute Gasteiger partial charge is 0.341 e. The number of carbonyl (C=O) groups is 2. The number of nitrogens with zero attached hydrogens (tertiary/aromatic N) is 2. The van der Waals surface area contributed by atoms with Crippen LogP contribution < -0.4 is 11.1 Å². The molecule has 0 fully saturated rings. The van der Waals surface area contributed by atoms with Gasteiger partial charge in [-0.25, -0.2) is 9.18 Å². The summed E-state index contributed by atoms with van der Waals surface area (Å²) in [7, 11) is 1.76. The summed E-state index contributed by atoms with van der Waals surface area (Å²) in [4.78, 5) is 24.3. The summed E-state index contributed by atoms with van der Waals surface area (Å²) in [6.45, 7) is 5.01. The number of amides is 1. The van der Waals surface area contributed by atoms with Gasteiger partial charge in [-0.1, -0.05) is 0 Å². The fraction of sp³-hybridized carbons (Fsp3) is 0.312. The van der Waals surface area contributed by atoms with Gasteiger partial charge in [-0.3, -0.25) is 9.48 Å². The number of aromatic nitrogens is 2. The van der Waals surface area contributed by atoms with Crippen LogP contribution in [0.3, 0.4) is 0 Å². The minimum Gasteiger partial charge on any atom is -0.449 e. The average molecular weight is 334 g/mol. The van der Waals surface area contributed by atoms with Crippen molar-refractivity contribution in [2.45, 2.75) is 26.9 Å². The average Bonchev–Trinajstić information content (AvgIpc) is 2.73. The number of benzene rings is 1. The number of halogens is 1. The fourth-order valence-electron chi connectivity index (χ4n) is 2.18. The molecule has 1 amide bonds. The molecule has 0 saturated carbocycles. The summed E-state index contributed by atoms with van der Waals surface area (Å²) < 4.78 is 19.8. The number of ether oxygens (including phenoxy) is 1. The number of nitrogens with one attached hydrogen (secondary N) is 1. The number of carbonyl (C=O) groups excluding carboxylic acids is 2. The first-order chi connectivity index (χ1) is 11.2. The van der Waals surface area contributed by atoms with Crippen molar-refractivity contribution in [1.82, 2.24) is 9.78 Å². The molecule has 0 saturated heterocycles. The summed E-state index contributed by atoms with van der Waals surface area (Å²) in [6, 6.07) is 3.33. The molecule has 0 unspecified atom stereocenters. The van der Waals surface area contributed by atoms with Crippen molar-refractivity contribution in [1.29, 1.82) is 0 Å². The third-order valence-corrected chi connectivity index (χ3v) is 3.64. The van der Waals surface area contributed by atoms with Gasteiger partial charge in [0, 0.05) is 12.7 Å². The van der Waals surface area contributed by atoms with Crippen LogP contribution in [0.4, 0.5) is 15.8 Å². The Morgan fingerprint density at radius 1 is 1.38 bits per heavy atom. The molecule has 1 heterocycles. The lowest BCUT2D eigenvalue weighted by molar-refractivity contribution is -0.123. The highest BCUT2D eigenvalue weighted by molar-refractivity contribution is 5.99. The summed E-state index contributed by atoms with van der Waals surface area (Å²) in [5, 5.41) is 6.88. The first-order valence-corrected chi connectivity index (χ1v) is 7.27. The van der Waals surface area contributed by atoms with Crippen LogP contribution in [0.1, 0.15) is 28.7 Å². The van der Waals surface area contributed by atoms with E-state index in [-0.39, 0.29) is 11.3 Å². The van der Waals surface area contributed by atoms with E-state index >= 15 is 0 Å². The second kappa shape index (κ2) is 6.69. The molecule has 0 aliphatic carbocycles. The number of aryl methyl sites for hydroxylation is 2. The Morgan fingerprint density at radius 3 is 2.58 bits per heavy atom. The van der Waals surface area contributed by atoms with Crippen molar-refractivity contribution in [3.8, 4) is 0 Å². The maximum absolute atomic E-state index is 13.0. The van der Waals surface area contributed by atoms with E-state index in [1.54, 1.807) is 18.7 Å². The molecule has 1 aromatic heterocycles. The van der Waals surface area contributed by atoms with Crippen LogP contribution in [0.5, 0.6) is 0 Å². The zero-order valence-corrected chi connectivity index (χ0v) is 13.9. The van der Waals surface area contributed by atoms with Crippen molar-refractivity contribution >= 4 is 23.3 Å². The molecule has 0 spiro atoms. The highest BCUT2D eigenvalue weighted by Gasteiger charge is 2.22. The van der Waals surface area contributed by atoms with Crippen LogP contribution in [0.15, 0.2) is 18.2 Å². The largest absolute Gasteiger partial charge is 0.449 e. The molecule has 2 rings (SSSR count). The first kappa shape index (κ1) is 17.5. The number of esters is 1. The van der Waals surface area contributed by atoms with E-state index in [0.717, 1.165) is 17.8 Å². The highest BCUT2D eigenvalue weighted by atomic mass is 19.1. The number of hydrogen-bond donors (Lipinski definition) is 2. The van der Waals surface area contributed by atoms with E-state index in [9.17, 15) is 14.0 Å². The Labute approximate surface area is 138 Å². The van der Waals surface area contributed by atoms with Gasteiger partial charge in [-0.05, 0) is 39.0 Å². The summed E-state index contributed by atoms with van der Waals surface area (Å²) in [5.74, 6) is -1.85. The summed E-state index contributed by atoms with van der Waals surface area (Å²) in [5.41, 5.74) is 7.56. The van der Waals surface area contributed by atoms with Gasteiger partial charge in [-0.2, -0.15) is 5.10 Å². The van der Waals surface area contributed by atoms with Crippen LogP contribution in [0.2, 0.25) is 0 Å². The quantitative estimate of drug-likeness (QED) is 0.657. The zero-order chi connectivity index (χ0) is 18.0. The number of rotatable bonds is 4. The first-order valence-electron chi connectivity index (χ1n) is 7.27. The molecule has 8 heteroatoms. The third-order valence-electron chi connectivity index (χ3n) is 3.64. The lowest BCUT2D eigenvalue weighted by Crippen LogP contribution is -2.30. The van der Waals surface area contributed by atoms with Gasteiger partial charge in [0.25, 0.3) is 5.91 Å². The molecular formula is C16H19FN4O3. The van der Waals surface area contributed by atoms with Crippen LogP contribution >= 0.6 is 0 Å². The van der Waals surface area contributed by atoms with E-state index < -0.39 is 23.8 Å². The summed E-state index contributed by atoms with van der Waals surface area (Å²) >= 11 is 0. The van der Waals surface area contributed by atoms with Gasteiger partial charge in [0.05, 0.1) is 22.6 Å². The van der Waals surface area contributed by atoms with Gasteiger partial charge in [0.15, 0.2) is 6.10 Å². The van der Waals surface area contributed by atoms with Crippen molar-refractivity contribution in [3.05, 3.63) is 41.0 Å². The van der Waals surface area contributed by atoms with Crippen LogP contribution in [-0.4, -0.2) is 27.8 Å². The zero-order valence-electron chi connectivity index (χ0n) is 13.9. The van der Waals surface area contributed by atoms with Gasteiger partial charge < -0.3 is 15.8 Å². The topological polar surface area (TPSA) is 99.2 Å². The van der Waals surface area contributed by atoms with Crippen LogP contribution in [-0.2, 0) is 16.6 Å². The summed E-state index contributed by atoms with van der Waals surface area (Å²) in [6.07, 6.45) is -1.05. The molecule has 1 aromatic carbocycles. The predicted octanol–water partition coefficient (Wildman–Crippen LogP) is 1.94. The van der Waals surface area contributed by atoms with Crippen molar-refractivity contribution in [2.75, 3.05) is 11.1 Å². The number of anilines is 2. The van der Waals surface area contributed by atoms with Crippen LogP contribution in [0.25, 0.3) is 0 Å². The van der Waals surface area contributed by atoms with E-state index in [1.807, 2.05) is 6.92 Å². The molecule has 2 aromatic rings. The lowest BCUT2D eigenvalue weighted by Gasteiger charge is -2.14. The Kier molecular flexibility index (Phi) is 4.87. The van der Waals surface area contributed by atoms with Crippen LogP contribution in [0, 0.1) is 19.7 Å². The molecule has 128 valence electrons. The highest BCUT2D eigenvalue weighted by Crippen LogP contribution is 2.19. The number of nitrogens with two attached hydrogens (primary N) is 1. The molecule has 3 N–H and O–H groups in total. The van der Waals surface area contributed by atoms with Crippen molar-refractivity contribution < 1.29 is 18.7 Å². The molecule has 0 bridgehead atoms. The number of nitrogen functional groups attached to an aromatic ring is 1. The third kappa shape index (κ3) is 3.53. The molecule has 7 nitrogen and oxygen atoms in total. The van der Waals surface area contributed by atoms with Gasteiger partial charge in [-0.15, -0.1) is 0 Å². The fourth-order valence-corrected chi connectivity index (χ4v) is 2.18. The lowest BCUT2D eigenvalue weighted by atomic mass is 10.2. The predicted molar refractivity (Wildman–Crippen MR) is 87.0 cm³/mol. The Bertz CT molecular complexity index is 801. The Morgan fingerprint density at radius 2 is 2.04 bits per heavy atom. The van der Waals surface area contributed by atoms with Gasteiger partial charge >= 0.3 is 5.97 Å². The van der Waals surface area contributed by atoms with Crippen molar-refractivity contribution in [2.24, 2.45) is 7.05 Å². The molecule has 1 atom stereocenters. The Balaban J connectivity index is 2.07. The molecule has 0 aliphatic heterocycles. The van der Waals surface area contributed by atoms with E-state index in [2.05, 4.69) is 10.4 Å². The number of hydrogen-bond acceptors (Lipinski definition) is 5. The maximum atomic E-state index is 13.0. The van der Waals surface area contributed by atoms with Gasteiger partial charge in [0.2, 0.25) is 0 Å².